The van der Waals surface area contributed by atoms with Gasteiger partial charge < -0.3 is 78.1 Å². The quantitative estimate of drug-likeness (QED) is 0.00782. The predicted molar refractivity (Wildman–Crippen MR) is 482 cm³/mol. The Bertz CT molecular complexity index is 3370. The molecule has 0 saturated carbocycles. The average Bonchev–Trinajstić information content (AvgIpc) is 1.40. The summed E-state index contributed by atoms with van der Waals surface area (Å²) in [5.74, 6) is -2.61. The molecule has 4 rings (SSSR count). The topological polar surface area (TPSA) is 404 Å². The van der Waals surface area contributed by atoms with Crippen molar-refractivity contribution in [2.75, 3.05) is 93.7 Å². The van der Waals surface area contributed by atoms with Gasteiger partial charge in [0.25, 0.3) is 5.91 Å². The second-order valence-electron chi connectivity index (χ2n) is 30.7. The summed E-state index contributed by atoms with van der Waals surface area (Å²) in [6.45, 7) is 47.1. The molecule has 0 aliphatic carbocycles. The number of ketones is 1. The number of amides is 5. The molecule has 7 atom stereocenters. The molecule has 120 heavy (non-hydrogen) atoms. The standard InChI is InChI=1S/C23H26FN3O4.C13H23NO4.C11H22N4O2.C11H23NO3.C9H19NO3.C6H14N4.C5H8O2.C2H6.CH2Cl2.4CH4/c1-14-4-3-11-27-19(25(14)2)13-26-12-17(21(29)22(30)20(26)23(27)31)18(28)10-7-15-5-8-16(24)9-6-15;1-7-17-11(15)9-8-10(2)14(6)12(16)18-13(3,4)5;1-9(7-6-8-13-14-12)15(5)10(16)17-11(2,3)4;1-9(7-6-8-13)12(5)10(14)15-11(2,3)4;1-7(6-11)10(5)8(12)13-9(2,3)4;1-6(8-2)4-3-5-9-10-7;1-3-5(6)7-4-2;1-2;2-1-3;;;;/h5-6,8-9,12,14,19,30H,3-4,7,10-11,13H2,1-2H3;8-10H,7H2,1-6H3;9H,6-8H2,1-5H3;9,13H,6-8H2,1-5H3;7,11H,6H2,1-5H3;6,8H,3-5H2,1-2H3;3H,1,4H2,2H3;1-2H3;1H2;4*1H4/b;9-8+;;;;;;;;;;;/t14-,19?;10-;2*9-;7-;6-;;;;;;;/m000000......./s1. The number of carbonyl (C=O) groups excluding carboxylic acids is 8. The summed E-state index contributed by atoms with van der Waals surface area (Å²) in [6, 6.07) is 6.33. The molecule has 1 saturated heterocycles. The van der Waals surface area contributed by atoms with E-state index in [0.717, 1.165) is 56.6 Å². The third-order valence-corrected chi connectivity index (χ3v) is 16.5. The fraction of sp³-hybridized carbons (Fsp3) is 0.729. The number of halogens is 3. The third-order valence-electron chi connectivity index (χ3n) is 16.5. The van der Waals surface area contributed by atoms with Crippen LogP contribution in [0.4, 0.5) is 23.6 Å². The Hall–Kier alpha value is -8.42. The molecule has 4 N–H and O–H groups in total. The lowest BCUT2D eigenvalue weighted by Crippen LogP contribution is -2.56. The summed E-state index contributed by atoms with van der Waals surface area (Å²) in [6.07, 6.45) is 11.0. The number of pyridine rings is 1. The zero-order valence-electron chi connectivity index (χ0n) is 74.7. The normalized spacial score (nSPS) is 14.1. The first kappa shape index (κ1) is 130. The van der Waals surface area contributed by atoms with Gasteiger partial charge in [-0.1, -0.05) is 78.6 Å². The van der Waals surface area contributed by atoms with Crippen molar-refractivity contribution in [2.45, 2.75) is 318 Å². The molecular formula is C85H159Cl2FN14O18. The van der Waals surface area contributed by atoms with E-state index in [1.807, 2.05) is 104 Å². The second-order valence-corrected chi connectivity index (χ2v) is 31.5. The Kier molecular flexibility index (Phi) is 75.8. The second kappa shape index (κ2) is 70.2. The zero-order chi connectivity index (χ0) is 91.0. The van der Waals surface area contributed by atoms with Gasteiger partial charge in [-0.15, -0.1) is 23.2 Å². The van der Waals surface area contributed by atoms with Crippen molar-refractivity contribution in [3.8, 4) is 5.75 Å². The molecule has 0 spiro atoms. The van der Waals surface area contributed by atoms with Crippen LogP contribution < -0.4 is 10.7 Å². The number of nitrogens with zero attached hydrogens (tertiary/aromatic N) is 13. The molecule has 35 heteroatoms. The van der Waals surface area contributed by atoms with E-state index < -0.39 is 63.4 Å². The van der Waals surface area contributed by atoms with Crippen molar-refractivity contribution < 1.29 is 86.5 Å². The molecule has 1 fully saturated rings. The molecule has 2 aliphatic heterocycles. The van der Waals surface area contributed by atoms with Crippen LogP contribution in [0.5, 0.6) is 5.75 Å². The minimum Gasteiger partial charge on any atom is -0.503 e. The first-order valence-electron chi connectivity index (χ1n) is 39.1. The van der Waals surface area contributed by atoms with Gasteiger partial charge >= 0.3 is 36.3 Å². The number of aromatic nitrogens is 1. The molecule has 5 amide bonds. The molecule has 2 aromatic rings. The monoisotopic (exact) mass is 1750 g/mol. The van der Waals surface area contributed by atoms with Crippen LogP contribution >= 0.6 is 23.2 Å². The zero-order valence-corrected chi connectivity index (χ0v) is 76.2. The number of rotatable bonds is 26. The van der Waals surface area contributed by atoms with Gasteiger partial charge in [-0.25, -0.2) is 33.2 Å². The van der Waals surface area contributed by atoms with Crippen molar-refractivity contribution >= 4 is 71.2 Å². The number of aliphatic hydroxyl groups excluding tert-OH is 2. The van der Waals surface area contributed by atoms with Crippen molar-refractivity contribution in [2.24, 2.45) is 10.2 Å². The Morgan fingerprint density at radius 1 is 0.683 bits per heavy atom. The summed E-state index contributed by atoms with van der Waals surface area (Å²) in [5.41, 5.74) is 13.9. The van der Waals surface area contributed by atoms with E-state index in [1.165, 1.54) is 34.2 Å². The van der Waals surface area contributed by atoms with E-state index in [-0.39, 0.29) is 126 Å². The predicted octanol–water partition coefficient (Wildman–Crippen LogP) is 18.8. The van der Waals surface area contributed by atoms with Crippen LogP contribution in [0.15, 0.2) is 70.3 Å². The van der Waals surface area contributed by atoms with Gasteiger partial charge in [0.2, 0.25) is 5.43 Å². The van der Waals surface area contributed by atoms with Crippen LogP contribution in [0.25, 0.3) is 20.9 Å². The van der Waals surface area contributed by atoms with E-state index >= 15 is 0 Å². The number of esters is 2. The molecular weight excluding hydrogens is 1590 g/mol. The number of aliphatic hydroxyl groups is 2. The van der Waals surface area contributed by atoms with Crippen LogP contribution in [0.3, 0.4) is 0 Å². The first-order chi connectivity index (χ1) is 53.8. The van der Waals surface area contributed by atoms with Gasteiger partial charge in [0.05, 0.1) is 49.4 Å². The molecule has 3 heterocycles. The fourth-order valence-electron chi connectivity index (χ4n) is 9.30. The number of fused-ring (bicyclic) bond motifs is 2. The minimum absolute atomic E-state index is 0. The number of benzene rings is 1. The highest BCUT2D eigenvalue weighted by atomic mass is 35.5. The van der Waals surface area contributed by atoms with E-state index in [1.54, 1.807) is 114 Å². The minimum atomic E-state index is -0.821. The highest BCUT2D eigenvalue weighted by Gasteiger charge is 2.40. The third kappa shape index (κ3) is 61.0. The van der Waals surface area contributed by atoms with Crippen molar-refractivity contribution in [1.82, 2.24) is 39.3 Å². The number of aryl methyl sites for hydroxylation is 1. The van der Waals surface area contributed by atoms with Crippen LogP contribution in [-0.4, -0.2) is 256 Å². The highest BCUT2D eigenvalue weighted by Crippen LogP contribution is 2.29. The van der Waals surface area contributed by atoms with E-state index in [2.05, 4.69) is 55.4 Å². The van der Waals surface area contributed by atoms with Gasteiger partial charge in [0, 0.05) is 113 Å². The molecule has 1 unspecified atom stereocenters. The summed E-state index contributed by atoms with van der Waals surface area (Å²) in [5, 5.41) is 38.2. The molecule has 698 valence electrons. The Balaban J connectivity index is -0.000000176. The number of azide groups is 2. The maximum atomic E-state index is 13.1. The van der Waals surface area contributed by atoms with Gasteiger partial charge in [-0.3, -0.25) is 19.3 Å². The van der Waals surface area contributed by atoms with Gasteiger partial charge in [-0.2, -0.15) is 0 Å². The molecule has 32 nitrogen and oxygen atoms in total. The van der Waals surface area contributed by atoms with Crippen molar-refractivity contribution in [1.29, 1.82) is 0 Å². The molecule has 0 bridgehead atoms. The van der Waals surface area contributed by atoms with Crippen molar-refractivity contribution in [3.05, 3.63) is 109 Å². The number of nitrogens with one attached hydrogen (secondary N) is 1. The average molecular weight is 1760 g/mol. The molecule has 0 radical (unpaired) electrons. The molecule has 2 aliphatic rings. The van der Waals surface area contributed by atoms with Crippen LogP contribution in [0.2, 0.25) is 0 Å². The summed E-state index contributed by atoms with van der Waals surface area (Å²) in [4.78, 5) is 121. The van der Waals surface area contributed by atoms with E-state index in [4.69, 9.17) is 68.2 Å². The maximum Gasteiger partial charge on any atom is 0.410 e. The first-order valence-corrected chi connectivity index (χ1v) is 40.1. The van der Waals surface area contributed by atoms with Gasteiger partial charge in [-0.05, 0) is 239 Å². The summed E-state index contributed by atoms with van der Waals surface area (Å²) in [7, 11) is 10.5. The summed E-state index contributed by atoms with van der Waals surface area (Å²) < 4.78 is 44.6. The lowest BCUT2D eigenvalue weighted by Gasteiger charge is -2.42. The number of carbonyl (C=O) groups is 8. The fourth-order valence-corrected chi connectivity index (χ4v) is 9.30. The number of alkyl halides is 2. The molecule has 1 aromatic heterocycles. The lowest BCUT2D eigenvalue weighted by atomic mass is 10.0. The largest absolute Gasteiger partial charge is 0.503 e. The van der Waals surface area contributed by atoms with Crippen LogP contribution in [0.1, 0.15) is 266 Å². The van der Waals surface area contributed by atoms with Crippen LogP contribution in [-0.2, 0) is 51.0 Å². The number of ether oxygens (including phenoxy) is 6. The number of likely N-dealkylation sites (N-methyl/N-ethyl adjacent to an activating group) is 3. The number of hydrogen-bond donors (Lipinski definition) is 4. The van der Waals surface area contributed by atoms with Crippen LogP contribution in [0, 0.1) is 5.82 Å². The Morgan fingerprint density at radius 3 is 1.46 bits per heavy atom. The number of Topliss-reactive ketones (excluding diaryl/α,β-unsaturated/α-hetero) is 1. The number of hydrogen-bond acceptors (Lipinski definition) is 22. The Labute approximate surface area is 729 Å². The SMILES string of the molecule is C.C.C.C.C=CC(=O)OCC.CC.CCOC(=O)/C=C/[C@H](C)N(C)C(=O)OC(C)(C)C.CN[C@@H](C)CCCN=[N+]=[N-].C[C@@H](CCCN=[N+]=[N-])N(C)C(=O)OC(C)(C)C.C[C@@H](CCCO)N(C)C(=O)OC(C)(C)C.C[C@@H](CO)N(C)C(=O)OC(C)(C)C.C[C@H]1CCCN2C(=O)c3c(O)c(=O)c(C(=O)CCc4ccc(F)cc4)cn3CC2N1C.ClCCl. The van der Waals surface area contributed by atoms with Gasteiger partial charge in [0.15, 0.2) is 17.2 Å². The maximum absolute atomic E-state index is 13.1. The van der Waals surface area contributed by atoms with E-state index in [9.17, 15) is 52.6 Å². The summed E-state index contributed by atoms with van der Waals surface area (Å²) >= 11 is 9.53. The van der Waals surface area contributed by atoms with E-state index in [0.29, 0.717) is 58.3 Å². The molecule has 1 aromatic carbocycles. The van der Waals surface area contributed by atoms with Gasteiger partial charge in [0.1, 0.15) is 34.4 Å². The Morgan fingerprint density at radius 2 is 1.08 bits per heavy atom. The van der Waals surface area contributed by atoms with Crippen molar-refractivity contribution in [3.63, 3.8) is 0 Å². The smallest absolute Gasteiger partial charge is 0.410 e. The lowest BCUT2D eigenvalue weighted by molar-refractivity contribution is -0.138. The number of aromatic hydroxyl groups is 1. The highest BCUT2D eigenvalue weighted by molar-refractivity contribution is 6.40.